The third-order valence-electron chi connectivity index (χ3n) is 1.93. The minimum Gasteiger partial charge on any atom is -0.339 e. The van der Waals surface area contributed by atoms with Gasteiger partial charge in [0, 0.05) is 28.3 Å². The van der Waals surface area contributed by atoms with Gasteiger partial charge < -0.3 is 10.7 Å². The lowest BCUT2D eigenvalue weighted by atomic mass is 10.2. The zero-order valence-electron chi connectivity index (χ0n) is 7.90. The van der Waals surface area contributed by atoms with E-state index in [1.807, 2.05) is 18.3 Å². The number of hydrogen-bond acceptors (Lipinski definition) is 3. The van der Waals surface area contributed by atoms with Crippen molar-refractivity contribution in [2.45, 2.75) is 16.6 Å². The van der Waals surface area contributed by atoms with E-state index in [0.29, 0.717) is 6.54 Å². The molecule has 0 fully saturated rings. The first kappa shape index (κ1) is 10.7. The van der Waals surface area contributed by atoms with Crippen LogP contribution in [0.4, 0.5) is 0 Å². The molecule has 0 bridgehead atoms. The maximum absolute atomic E-state index is 5.67. The highest BCUT2D eigenvalue weighted by molar-refractivity contribution is 9.10. The van der Waals surface area contributed by atoms with Crippen LogP contribution in [-0.2, 0) is 6.54 Å². The minimum absolute atomic E-state index is 0.538. The fourth-order valence-corrected chi connectivity index (χ4v) is 2.63. The van der Waals surface area contributed by atoms with Gasteiger partial charge in [0.15, 0.2) is 5.16 Å². The van der Waals surface area contributed by atoms with Crippen LogP contribution >= 0.6 is 27.7 Å². The first-order valence-corrected chi connectivity index (χ1v) is 6.06. The Labute approximate surface area is 101 Å². The van der Waals surface area contributed by atoms with E-state index in [4.69, 9.17) is 5.73 Å². The molecule has 0 amide bonds. The molecule has 0 spiro atoms. The van der Waals surface area contributed by atoms with Crippen LogP contribution in [0.5, 0.6) is 0 Å². The van der Waals surface area contributed by atoms with E-state index in [-0.39, 0.29) is 0 Å². The zero-order valence-corrected chi connectivity index (χ0v) is 10.3. The number of aromatic nitrogens is 2. The molecule has 0 radical (unpaired) electrons. The van der Waals surface area contributed by atoms with Crippen LogP contribution in [0.1, 0.15) is 5.56 Å². The Hall–Kier alpha value is -0.780. The minimum atomic E-state index is 0.538. The molecular weight excluding hydrogens is 274 g/mol. The Bertz CT molecular complexity index is 442. The number of rotatable bonds is 3. The Balaban J connectivity index is 2.30. The highest BCUT2D eigenvalue weighted by Crippen LogP contribution is 2.30. The van der Waals surface area contributed by atoms with Crippen LogP contribution in [-0.4, -0.2) is 9.97 Å². The van der Waals surface area contributed by atoms with Gasteiger partial charge in [-0.1, -0.05) is 33.8 Å². The van der Waals surface area contributed by atoms with Gasteiger partial charge in [0.25, 0.3) is 0 Å². The third kappa shape index (κ3) is 2.62. The van der Waals surface area contributed by atoms with Gasteiger partial charge in [-0.3, -0.25) is 0 Å². The summed E-state index contributed by atoms with van der Waals surface area (Å²) in [4.78, 5) is 8.35. The van der Waals surface area contributed by atoms with E-state index in [9.17, 15) is 0 Å². The molecule has 2 rings (SSSR count). The molecule has 0 aliphatic heterocycles. The summed E-state index contributed by atoms with van der Waals surface area (Å²) in [6, 6.07) is 6.07. The van der Waals surface area contributed by atoms with E-state index in [0.717, 1.165) is 20.1 Å². The predicted molar refractivity (Wildman–Crippen MR) is 64.7 cm³/mol. The molecule has 1 aromatic carbocycles. The number of benzene rings is 1. The Kier molecular flexibility index (Phi) is 3.45. The number of halogens is 1. The summed E-state index contributed by atoms with van der Waals surface area (Å²) in [5.41, 5.74) is 6.80. The molecule has 3 nitrogen and oxygen atoms in total. The van der Waals surface area contributed by atoms with Crippen molar-refractivity contribution in [3.8, 4) is 0 Å². The first-order chi connectivity index (χ1) is 7.29. The summed E-state index contributed by atoms with van der Waals surface area (Å²) in [5, 5.41) is 0.878. The van der Waals surface area contributed by atoms with E-state index < -0.39 is 0 Å². The Morgan fingerprint density at radius 3 is 3.00 bits per heavy atom. The smallest absolute Gasteiger partial charge is 0.170 e. The number of H-pyrrole nitrogens is 1. The lowest BCUT2D eigenvalue weighted by molar-refractivity contribution is 1.01. The molecule has 1 heterocycles. The van der Waals surface area contributed by atoms with Crippen molar-refractivity contribution >= 4 is 27.7 Å². The second kappa shape index (κ2) is 4.83. The lowest BCUT2D eigenvalue weighted by Gasteiger charge is -2.05. The van der Waals surface area contributed by atoms with Gasteiger partial charge >= 0.3 is 0 Å². The number of hydrogen-bond donors (Lipinski definition) is 2. The standard InChI is InChI=1S/C10H10BrN3S/c11-8-2-1-7(6-12)9(5-8)15-10-13-3-4-14-10/h1-5H,6,12H2,(H,13,14). The average Bonchev–Trinajstić information content (AvgIpc) is 2.71. The maximum atomic E-state index is 5.67. The molecule has 78 valence electrons. The Morgan fingerprint density at radius 2 is 2.33 bits per heavy atom. The van der Waals surface area contributed by atoms with Gasteiger partial charge in [0.2, 0.25) is 0 Å². The molecule has 15 heavy (non-hydrogen) atoms. The normalized spacial score (nSPS) is 10.5. The van der Waals surface area contributed by atoms with Crippen molar-refractivity contribution in [1.82, 2.24) is 9.97 Å². The second-order valence-electron chi connectivity index (χ2n) is 2.95. The number of nitrogens with two attached hydrogens (primary N) is 1. The molecule has 0 unspecified atom stereocenters. The summed E-state index contributed by atoms with van der Waals surface area (Å²) >= 11 is 5.03. The molecule has 1 aromatic heterocycles. The summed E-state index contributed by atoms with van der Waals surface area (Å²) in [6.45, 7) is 0.538. The monoisotopic (exact) mass is 283 g/mol. The van der Waals surface area contributed by atoms with Crippen LogP contribution in [0.3, 0.4) is 0 Å². The van der Waals surface area contributed by atoms with Crippen LogP contribution in [0.2, 0.25) is 0 Å². The third-order valence-corrected chi connectivity index (χ3v) is 3.44. The molecule has 2 aromatic rings. The SMILES string of the molecule is NCc1ccc(Br)cc1Sc1ncc[nH]1. The van der Waals surface area contributed by atoms with E-state index in [1.165, 1.54) is 0 Å². The van der Waals surface area contributed by atoms with E-state index in [2.05, 4.69) is 32.0 Å². The van der Waals surface area contributed by atoms with Crippen molar-refractivity contribution in [1.29, 1.82) is 0 Å². The quantitative estimate of drug-likeness (QED) is 0.911. The second-order valence-corrected chi connectivity index (χ2v) is 4.90. The van der Waals surface area contributed by atoms with Gasteiger partial charge in [-0.2, -0.15) is 0 Å². The number of nitrogens with one attached hydrogen (secondary N) is 1. The number of nitrogens with zero attached hydrogens (tertiary/aromatic N) is 1. The highest BCUT2D eigenvalue weighted by atomic mass is 79.9. The van der Waals surface area contributed by atoms with Crippen molar-refractivity contribution in [2.24, 2.45) is 5.73 Å². The van der Waals surface area contributed by atoms with Crippen molar-refractivity contribution in [2.75, 3.05) is 0 Å². The van der Waals surface area contributed by atoms with Gasteiger partial charge in [-0.15, -0.1) is 0 Å². The maximum Gasteiger partial charge on any atom is 0.170 e. The summed E-state index contributed by atoms with van der Waals surface area (Å²) < 4.78 is 1.05. The zero-order chi connectivity index (χ0) is 10.7. The summed E-state index contributed by atoms with van der Waals surface area (Å²) in [5.74, 6) is 0. The van der Waals surface area contributed by atoms with E-state index >= 15 is 0 Å². The van der Waals surface area contributed by atoms with Gasteiger partial charge in [-0.25, -0.2) is 4.98 Å². The molecule has 0 aliphatic rings. The predicted octanol–water partition coefficient (Wildman–Crippen LogP) is 2.78. The first-order valence-electron chi connectivity index (χ1n) is 4.45. The summed E-state index contributed by atoms with van der Waals surface area (Å²) in [6.07, 6.45) is 3.55. The molecule has 5 heteroatoms. The van der Waals surface area contributed by atoms with Gasteiger partial charge in [-0.05, 0) is 17.7 Å². The van der Waals surface area contributed by atoms with Crippen molar-refractivity contribution in [3.05, 3.63) is 40.6 Å². The van der Waals surface area contributed by atoms with Crippen LogP contribution in [0.25, 0.3) is 0 Å². The average molecular weight is 284 g/mol. The largest absolute Gasteiger partial charge is 0.339 e. The van der Waals surface area contributed by atoms with Crippen molar-refractivity contribution in [3.63, 3.8) is 0 Å². The molecule has 0 saturated heterocycles. The molecule has 0 saturated carbocycles. The summed E-state index contributed by atoms with van der Waals surface area (Å²) in [7, 11) is 0. The van der Waals surface area contributed by atoms with Crippen LogP contribution < -0.4 is 5.73 Å². The number of aromatic amines is 1. The number of imidazole rings is 1. The lowest BCUT2D eigenvalue weighted by Crippen LogP contribution is -1.98. The molecular formula is C10H10BrN3S. The van der Waals surface area contributed by atoms with E-state index in [1.54, 1.807) is 18.0 Å². The van der Waals surface area contributed by atoms with Gasteiger partial charge in [0.05, 0.1) is 0 Å². The molecule has 3 N–H and O–H groups in total. The highest BCUT2D eigenvalue weighted by Gasteiger charge is 2.05. The van der Waals surface area contributed by atoms with Crippen LogP contribution in [0, 0.1) is 0 Å². The topological polar surface area (TPSA) is 54.7 Å². The fraction of sp³-hybridized carbons (Fsp3) is 0.100. The molecule has 0 atom stereocenters. The molecule has 0 aliphatic carbocycles. The van der Waals surface area contributed by atoms with Gasteiger partial charge in [0.1, 0.15) is 0 Å². The van der Waals surface area contributed by atoms with Crippen molar-refractivity contribution < 1.29 is 0 Å². The Morgan fingerprint density at radius 1 is 1.47 bits per heavy atom. The van der Waals surface area contributed by atoms with Crippen LogP contribution in [0.15, 0.2) is 45.1 Å². The fourth-order valence-electron chi connectivity index (χ4n) is 1.20.